The Kier molecular flexibility index (Phi) is 10.2. The van der Waals surface area contributed by atoms with E-state index in [1.54, 1.807) is 6.07 Å². The van der Waals surface area contributed by atoms with Gasteiger partial charge in [0.25, 0.3) is 17.4 Å². The summed E-state index contributed by atoms with van der Waals surface area (Å²) in [4.78, 5) is 35.5. The van der Waals surface area contributed by atoms with Gasteiger partial charge in [-0.3, -0.25) is 9.59 Å². The summed E-state index contributed by atoms with van der Waals surface area (Å²) in [5.41, 5.74) is -3.86. The number of anilines is 1. The van der Waals surface area contributed by atoms with Gasteiger partial charge in [-0.15, -0.1) is 0 Å². The van der Waals surface area contributed by atoms with Gasteiger partial charge in [-0.2, -0.15) is 13.2 Å². The number of carbonyl (C=O) groups excluding carboxylic acids is 2. The highest BCUT2D eigenvalue weighted by molar-refractivity contribution is 6.32. The number of ether oxygens (including phenoxy) is 1. The third-order valence-electron chi connectivity index (χ3n) is 8.85. The van der Waals surface area contributed by atoms with Crippen LogP contribution in [0.2, 0.25) is 5.15 Å². The average Bonchev–Trinajstić information content (AvgIpc) is 3.32. The first-order valence-corrected chi connectivity index (χ1v) is 15.1. The Morgan fingerprint density at radius 3 is 2.33 bits per heavy atom. The molecule has 236 valence electrons. The first-order chi connectivity index (χ1) is 20.3. The predicted octanol–water partition coefficient (Wildman–Crippen LogP) is 5.66. The van der Waals surface area contributed by atoms with Crippen LogP contribution < -0.4 is 9.64 Å². The number of carbonyl (C=O) groups is 2. The van der Waals surface area contributed by atoms with E-state index >= 15 is 0 Å². The monoisotopic (exact) mass is 624 g/mol. The van der Waals surface area contributed by atoms with Gasteiger partial charge in [0.2, 0.25) is 0 Å². The van der Waals surface area contributed by atoms with Crippen LogP contribution in [0.1, 0.15) is 68.3 Å². The number of benzene rings is 1. The molecule has 0 bridgehead atoms. The maximum absolute atomic E-state index is 14.0. The van der Waals surface area contributed by atoms with Crippen molar-refractivity contribution in [2.75, 3.05) is 38.7 Å². The van der Waals surface area contributed by atoms with Crippen LogP contribution in [0.4, 0.5) is 19.0 Å². The predicted molar refractivity (Wildman–Crippen MR) is 158 cm³/mol. The number of rotatable bonds is 9. The molecule has 1 aromatic heterocycles. The highest BCUT2D eigenvalue weighted by atomic mass is 35.5. The van der Waals surface area contributed by atoms with Crippen LogP contribution in [0.25, 0.3) is 0 Å². The maximum atomic E-state index is 14.0. The zero-order valence-corrected chi connectivity index (χ0v) is 25.8. The lowest BCUT2D eigenvalue weighted by Gasteiger charge is -2.35. The number of piperidine rings is 1. The first-order valence-electron chi connectivity index (χ1n) is 14.7. The summed E-state index contributed by atoms with van der Waals surface area (Å²) in [5.74, 6) is -0.386. The van der Waals surface area contributed by atoms with E-state index < -0.39 is 23.2 Å². The minimum Gasteiger partial charge on any atom is -0.497 e. The number of likely N-dealkylation sites (N-methyl/N-ethyl adjacent to an activating group) is 1. The molecule has 8 nitrogen and oxygen atoms in total. The highest BCUT2D eigenvalue weighted by Gasteiger charge is 2.61. The number of hydrogen-bond acceptors (Lipinski definition) is 6. The molecule has 1 aromatic carbocycles. The summed E-state index contributed by atoms with van der Waals surface area (Å²) in [6.45, 7) is 5.60. The zero-order valence-electron chi connectivity index (χ0n) is 25.0. The van der Waals surface area contributed by atoms with Gasteiger partial charge in [0, 0.05) is 44.3 Å². The first kappa shape index (κ1) is 32.9. The van der Waals surface area contributed by atoms with Gasteiger partial charge in [-0.25, -0.2) is 4.98 Å². The molecule has 4 rings (SSSR count). The molecule has 0 radical (unpaired) electrons. The molecular weight excluding hydrogens is 585 g/mol. The zero-order chi connectivity index (χ0) is 31.5. The van der Waals surface area contributed by atoms with Crippen molar-refractivity contribution in [3.8, 4) is 5.75 Å². The van der Waals surface area contributed by atoms with Crippen molar-refractivity contribution in [1.82, 2.24) is 14.8 Å². The summed E-state index contributed by atoms with van der Waals surface area (Å²) < 4.78 is 47.1. The van der Waals surface area contributed by atoms with E-state index in [9.17, 15) is 27.9 Å². The highest BCUT2D eigenvalue weighted by Crippen LogP contribution is 2.41. The Hall–Kier alpha value is -3.05. The van der Waals surface area contributed by atoms with Crippen molar-refractivity contribution in [1.29, 1.82) is 0 Å². The molecule has 1 N–H and O–H groups in total. The van der Waals surface area contributed by atoms with E-state index in [1.165, 1.54) is 26.3 Å². The Labute approximate surface area is 255 Å². The van der Waals surface area contributed by atoms with Crippen molar-refractivity contribution in [2.45, 2.75) is 76.2 Å². The number of likely N-dealkylation sites (tertiary alicyclic amines) is 1. The molecule has 2 fully saturated rings. The molecule has 2 aliphatic rings. The summed E-state index contributed by atoms with van der Waals surface area (Å²) in [5, 5.41) is 10.9. The van der Waals surface area contributed by atoms with Gasteiger partial charge in [-0.1, -0.05) is 23.7 Å². The Morgan fingerprint density at radius 1 is 1.09 bits per heavy atom. The van der Waals surface area contributed by atoms with Gasteiger partial charge in [0.15, 0.2) is 0 Å². The van der Waals surface area contributed by atoms with Crippen LogP contribution in [0, 0.1) is 5.92 Å². The van der Waals surface area contributed by atoms with E-state index in [0.29, 0.717) is 23.7 Å². The van der Waals surface area contributed by atoms with Gasteiger partial charge >= 0.3 is 6.18 Å². The lowest BCUT2D eigenvalue weighted by molar-refractivity contribution is -0.261. The molecule has 2 aromatic rings. The topological polar surface area (TPSA) is 86.2 Å². The number of halogens is 4. The Bertz CT molecular complexity index is 1290. The molecular formula is C31H40ClF3N4O4. The number of aliphatic hydroxyl groups is 1. The summed E-state index contributed by atoms with van der Waals surface area (Å²) >= 11 is 6.47. The lowest BCUT2D eigenvalue weighted by atomic mass is 9.90. The van der Waals surface area contributed by atoms with E-state index in [4.69, 9.17) is 16.3 Å². The minimum absolute atomic E-state index is 0.0717. The average molecular weight is 625 g/mol. The molecule has 43 heavy (non-hydrogen) atoms. The number of hydrogen-bond donors (Lipinski definition) is 1. The van der Waals surface area contributed by atoms with Gasteiger partial charge in [-0.05, 0) is 82.6 Å². The quantitative estimate of drug-likeness (QED) is 0.362. The SMILES string of the molecule is COc1cccc([C@@](O)(C(=O)N(C)CCCC2CCN(c3ccc(C(=O)N4C(C)CCC4C)c(Cl)n3)CC2)C(F)(F)F)c1. The van der Waals surface area contributed by atoms with Gasteiger partial charge < -0.3 is 24.5 Å². The molecule has 2 unspecified atom stereocenters. The molecule has 0 aliphatic carbocycles. The summed E-state index contributed by atoms with van der Waals surface area (Å²) in [6.07, 6.45) is -0.373. The molecule has 0 spiro atoms. The Morgan fingerprint density at radius 2 is 1.74 bits per heavy atom. The van der Waals surface area contributed by atoms with Crippen LogP contribution in [0.3, 0.4) is 0 Å². The van der Waals surface area contributed by atoms with Crippen LogP contribution in [-0.4, -0.2) is 83.8 Å². The Balaban J connectivity index is 1.29. The van der Waals surface area contributed by atoms with Crippen LogP contribution in [-0.2, 0) is 10.4 Å². The second kappa shape index (κ2) is 13.3. The van der Waals surface area contributed by atoms with Gasteiger partial charge in [0.1, 0.15) is 16.7 Å². The van der Waals surface area contributed by atoms with Crippen molar-refractivity contribution in [3.05, 3.63) is 52.7 Å². The number of pyridine rings is 1. The fourth-order valence-electron chi connectivity index (χ4n) is 6.20. The number of aromatic nitrogens is 1. The molecule has 0 saturated carbocycles. The third kappa shape index (κ3) is 6.87. The van der Waals surface area contributed by atoms with Crippen molar-refractivity contribution in [2.24, 2.45) is 5.92 Å². The molecule has 3 atom stereocenters. The lowest BCUT2D eigenvalue weighted by Crippen LogP contribution is -2.55. The summed E-state index contributed by atoms with van der Waals surface area (Å²) in [7, 11) is 2.57. The molecule has 2 amide bonds. The molecule has 2 aliphatic heterocycles. The number of methoxy groups -OCH3 is 1. The van der Waals surface area contributed by atoms with E-state index in [-0.39, 0.29) is 35.4 Å². The van der Waals surface area contributed by atoms with Crippen LogP contribution in [0.15, 0.2) is 36.4 Å². The van der Waals surface area contributed by atoms with E-state index in [1.807, 2.05) is 24.8 Å². The van der Waals surface area contributed by atoms with E-state index in [2.05, 4.69) is 9.88 Å². The number of nitrogens with zero attached hydrogens (tertiary/aromatic N) is 4. The largest absolute Gasteiger partial charge is 0.497 e. The van der Waals surface area contributed by atoms with Crippen molar-refractivity contribution in [3.63, 3.8) is 0 Å². The fourth-order valence-corrected chi connectivity index (χ4v) is 6.43. The smallest absolute Gasteiger partial charge is 0.430 e. The second-order valence-corrected chi connectivity index (χ2v) is 12.1. The van der Waals surface area contributed by atoms with Crippen molar-refractivity contribution < 1.29 is 32.6 Å². The number of amides is 2. The van der Waals surface area contributed by atoms with Crippen LogP contribution in [0.5, 0.6) is 5.75 Å². The van der Waals surface area contributed by atoms with Gasteiger partial charge in [0.05, 0.1) is 12.7 Å². The number of alkyl halides is 3. The van der Waals surface area contributed by atoms with Crippen molar-refractivity contribution >= 4 is 29.2 Å². The van der Waals surface area contributed by atoms with Crippen LogP contribution >= 0.6 is 11.6 Å². The summed E-state index contributed by atoms with van der Waals surface area (Å²) in [6, 6.07) is 8.74. The standard InChI is InChI=1S/C31H40ClF3N4O4/c1-20-10-11-21(2)39(20)28(40)25-12-13-26(36-27(25)32)38-17-14-22(15-18-38)7-6-16-37(3)29(41)30(42,31(33,34)35)23-8-5-9-24(19-23)43-4/h5,8-9,12-13,19-22,42H,6-7,10-11,14-18H2,1-4H3/t20?,21?,30-/m1/s1. The molecule has 2 saturated heterocycles. The molecule has 12 heteroatoms. The van der Waals surface area contributed by atoms with E-state index in [0.717, 1.165) is 62.2 Å². The maximum Gasteiger partial charge on any atom is 0.430 e. The second-order valence-electron chi connectivity index (χ2n) is 11.7. The fraction of sp³-hybridized carbons (Fsp3) is 0.581. The normalized spacial score (nSPS) is 21.0. The minimum atomic E-state index is -5.22. The third-order valence-corrected chi connectivity index (χ3v) is 9.14. The molecule has 3 heterocycles.